The Morgan fingerprint density at radius 2 is 2.09 bits per heavy atom. The lowest BCUT2D eigenvalue weighted by molar-refractivity contribution is 0.430. The first-order valence-electron chi connectivity index (χ1n) is 2.88. The summed E-state index contributed by atoms with van der Waals surface area (Å²) in [7, 11) is 0. The zero-order valence-electron chi connectivity index (χ0n) is 5.44. The van der Waals surface area contributed by atoms with Crippen LogP contribution in [0.15, 0.2) is 16.6 Å². The van der Waals surface area contributed by atoms with Gasteiger partial charge in [0.2, 0.25) is 0 Å². The lowest BCUT2D eigenvalue weighted by atomic mass is 10.2. The Hall–Kier alpha value is -0.0900. The molecule has 0 aromatic heterocycles. The van der Waals surface area contributed by atoms with E-state index >= 15 is 0 Å². The van der Waals surface area contributed by atoms with E-state index in [9.17, 15) is 4.39 Å². The summed E-state index contributed by atoms with van der Waals surface area (Å²) in [4.78, 5) is 0. The van der Waals surface area contributed by atoms with Crippen molar-refractivity contribution in [3.63, 3.8) is 0 Å². The molecular weight excluding hydrogens is 279 g/mol. The van der Waals surface area contributed by atoms with Crippen LogP contribution in [-0.2, 0) is 5.33 Å². The lowest BCUT2D eigenvalue weighted by Gasteiger charge is -2.00. The minimum absolute atomic E-state index is 0.284. The average Bonchev–Trinajstić information content (AvgIpc) is 1.99. The summed E-state index contributed by atoms with van der Waals surface area (Å²) >= 11 is 6.18. The molecule has 4 heteroatoms. The van der Waals surface area contributed by atoms with Gasteiger partial charge in [0.1, 0.15) is 0 Å². The highest BCUT2D eigenvalue weighted by Crippen LogP contribution is 2.26. The van der Waals surface area contributed by atoms with Crippen LogP contribution in [0.25, 0.3) is 0 Å². The maximum atomic E-state index is 12.7. The number of halogens is 3. The highest BCUT2D eigenvalue weighted by atomic mass is 79.9. The number of aromatic hydroxyl groups is 1. The largest absolute Gasteiger partial charge is 0.505 e. The van der Waals surface area contributed by atoms with Gasteiger partial charge in [-0.25, -0.2) is 4.39 Å². The van der Waals surface area contributed by atoms with Gasteiger partial charge in [0, 0.05) is 5.33 Å². The minimum atomic E-state index is -0.616. The van der Waals surface area contributed by atoms with Crippen LogP contribution in [-0.4, -0.2) is 5.11 Å². The van der Waals surface area contributed by atoms with Crippen molar-refractivity contribution in [2.75, 3.05) is 0 Å². The van der Waals surface area contributed by atoms with Crippen molar-refractivity contribution in [1.29, 1.82) is 0 Å². The van der Waals surface area contributed by atoms with E-state index in [1.165, 1.54) is 6.07 Å². The van der Waals surface area contributed by atoms with Crippen LogP contribution in [0.2, 0.25) is 0 Å². The predicted octanol–water partition coefficient (Wildman–Crippen LogP) is 3.19. The van der Waals surface area contributed by atoms with E-state index < -0.39 is 5.82 Å². The molecular formula is C7H5Br2FO. The van der Waals surface area contributed by atoms with Crippen molar-refractivity contribution >= 4 is 31.9 Å². The van der Waals surface area contributed by atoms with Crippen LogP contribution in [0.3, 0.4) is 0 Å². The lowest BCUT2D eigenvalue weighted by Crippen LogP contribution is -1.83. The van der Waals surface area contributed by atoms with E-state index in [1.807, 2.05) is 0 Å². The molecule has 1 rings (SSSR count). The molecule has 0 heterocycles. The van der Waals surface area contributed by atoms with Gasteiger partial charge in [0.25, 0.3) is 0 Å². The topological polar surface area (TPSA) is 20.2 Å². The molecule has 0 aliphatic carbocycles. The Morgan fingerprint density at radius 3 is 2.55 bits per heavy atom. The molecule has 0 amide bonds. The van der Waals surface area contributed by atoms with E-state index in [0.29, 0.717) is 5.33 Å². The number of phenolic OH excluding ortho intramolecular Hbond substituents is 1. The molecule has 0 aliphatic rings. The highest BCUT2D eigenvalue weighted by molar-refractivity contribution is 9.10. The number of phenols is 1. The molecule has 60 valence electrons. The fraction of sp³-hybridized carbons (Fsp3) is 0.143. The summed E-state index contributed by atoms with van der Waals surface area (Å²) in [5, 5.41) is 9.58. The van der Waals surface area contributed by atoms with Gasteiger partial charge in [-0.2, -0.15) is 0 Å². The summed E-state index contributed by atoms with van der Waals surface area (Å²) < 4.78 is 13.0. The first-order chi connectivity index (χ1) is 5.15. The van der Waals surface area contributed by atoms with Gasteiger partial charge in [-0.05, 0) is 33.6 Å². The zero-order chi connectivity index (χ0) is 8.43. The maximum absolute atomic E-state index is 12.7. The third-order valence-corrected chi connectivity index (χ3v) is 2.45. The van der Waals surface area contributed by atoms with Crippen molar-refractivity contribution in [2.45, 2.75) is 5.33 Å². The van der Waals surface area contributed by atoms with Gasteiger partial charge in [-0.3, -0.25) is 0 Å². The summed E-state index contributed by atoms with van der Waals surface area (Å²) in [5.74, 6) is -0.941. The van der Waals surface area contributed by atoms with Gasteiger partial charge in [-0.15, -0.1) is 0 Å². The summed E-state index contributed by atoms with van der Waals surface area (Å²) in [6.45, 7) is 0. The smallest absolute Gasteiger partial charge is 0.178 e. The Labute approximate surface area is 80.5 Å². The fourth-order valence-corrected chi connectivity index (χ4v) is 1.53. The Balaban J connectivity index is 3.21. The first kappa shape index (κ1) is 9.00. The summed E-state index contributed by atoms with van der Waals surface area (Å²) in [6.07, 6.45) is 0. The fourth-order valence-electron chi connectivity index (χ4n) is 0.706. The van der Waals surface area contributed by atoms with Crippen molar-refractivity contribution < 1.29 is 9.50 Å². The van der Waals surface area contributed by atoms with Gasteiger partial charge in [-0.1, -0.05) is 15.9 Å². The minimum Gasteiger partial charge on any atom is -0.505 e. The molecule has 1 nitrogen and oxygen atoms in total. The van der Waals surface area contributed by atoms with Crippen molar-refractivity contribution in [3.05, 3.63) is 28.0 Å². The normalized spacial score (nSPS) is 10.1. The molecule has 0 saturated carbocycles. The van der Waals surface area contributed by atoms with Crippen LogP contribution in [0.1, 0.15) is 5.56 Å². The molecule has 0 bridgehead atoms. The van der Waals surface area contributed by atoms with Crippen LogP contribution in [0.4, 0.5) is 4.39 Å². The molecule has 0 spiro atoms. The molecule has 0 radical (unpaired) electrons. The average molecular weight is 284 g/mol. The van der Waals surface area contributed by atoms with Crippen LogP contribution in [0.5, 0.6) is 5.75 Å². The second-order valence-corrected chi connectivity index (χ2v) is 3.46. The standard InChI is InChI=1S/C7H5Br2FO/c8-3-4-1-5(9)7(10)6(11)2-4/h1-2,11H,3H2. The monoisotopic (exact) mass is 282 g/mol. The SMILES string of the molecule is Oc1cc(CBr)cc(Br)c1F. The summed E-state index contributed by atoms with van der Waals surface area (Å²) in [6, 6.07) is 3.00. The molecule has 0 saturated heterocycles. The number of hydrogen-bond donors (Lipinski definition) is 1. The highest BCUT2D eigenvalue weighted by Gasteiger charge is 2.06. The number of alkyl halides is 1. The number of benzene rings is 1. The van der Waals surface area contributed by atoms with Crippen LogP contribution < -0.4 is 0 Å². The van der Waals surface area contributed by atoms with Gasteiger partial charge >= 0.3 is 0 Å². The molecule has 1 aromatic carbocycles. The van der Waals surface area contributed by atoms with Gasteiger partial charge < -0.3 is 5.11 Å². The molecule has 11 heavy (non-hydrogen) atoms. The third-order valence-electron chi connectivity index (χ3n) is 1.22. The van der Waals surface area contributed by atoms with E-state index in [4.69, 9.17) is 5.11 Å². The Kier molecular flexibility index (Phi) is 2.90. The summed E-state index contributed by atoms with van der Waals surface area (Å²) in [5.41, 5.74) is 0.829. The number of rotatable bonds is 1. The molecule has 0 unspecified atom stereocenters. The van der Waals surface area contributed by atoms with Gasteiger partial charge in [0.05, 0.1) is 4.47 Å². The van der Waals surface area contributed by atoms with Crippen LogP contribution in [0, 0.1) is 5.82 Å². The molecule has 1 N–H and O–H groups in total. The first-order valence-corrected chi connectivity index (χ1v) is 4.79. The maximum Gasteiger partial charge on any atom is 0.178 e. The van der Waals surface area contributed by atoms with Crippen molar-refractivity contribution in [3.8, 4) is 5.75 Å². The Bertz CT molecular complexity index is 252. The molecule has 0 fully saturated rings. The van der Waals surface area contributed by atoms with E-state index in [2.05, 4.69) is 31.9 Å². The van der Waals surface area contributed by atoms with E-state index in [1.54, 1.807) is 6.07 Å². The molecule has 1 aromatic rings. The Morgan fingerprint density at radius 1 is 1.45 bits per heavy atom. The number of hydrogen-bond acceptors (Lipinski definition) is 1. The van der Waals surface area contributed by atoms with Gasteiger partial charge in [0.15, 0.2) is 11.6 Å². The quantitative estimate of drug-likeness (QED) is 0.785. The predicted molar refractivity (Wildman–Crippen MR) is 48.4 cm³/mol. The van der Waals surface area contributed by atoms with E-state index in [-0.39, 0.29) is 10.2 Å². The van der Waals surface area contributed by atoms with Crippen molar-refractivity contribution in [2.24, 2.45) is 0 Å². The van der Waals surface area contributed by atoms with Crippen molar-refractivity contribution in [1.82, 2.24) is 0 Å². The second kappa shape index (κ2) is 3.54. The zero-order valence-corrected chi connectivity index (χ0v) is 8.61. The second-order valence-electron chi connectivity index (χ2n) is 2.04. The molecule has 0 aliphatic heterocycles. The third kappa shape index (κ3) is 1.93. The van der Waals surface area contributed by atoms with E-state index in [0.717, 1.165) is 5.56 Å². The van der Waals surface area contributed by atoms with Crippen LogP contribution >= 0.6 is 31.9 Å². The molecule has 0 atom stereocenters.